The number of sulfonamides is 1. The van der Waals surface area contributed by atoms with Crippen LogP contribution >= 0.6 is 0 Å². The van der Waals surface area contributed by atoms with Crippen LogP contribution in [0.5, 0.6) is 0 Å². The van der Waals surface area contributed by atoms with Crippen LogP contribution in [-0.2, 0) is 16.6 Å². The van der Waals surface area contributed by atoms with Crippen LogP contribution in [0.1, 0.15) is 18.1 Å². The molecule has 0 saturated carbocycles. The molecule has 0 saturated heterocycles. The number of nitrogens with zero attached hydrogens (tertiary/aromatic N) is 2. The molecule has 2 heterocycles. The van der Waals surface area contributed by atoms with E-state index in [4.69, 9.17) is 5.14 Å². The Balaban J connectivity index is 2.70. The SMILES string of the molecule is CC1=NCc2c1ccnc2S(N)(=O)=O. The van der Waals surface area contributed by atoms with Gasteiger partial charge in [-0.3, -0.25) is 4.99 Å². The first kappa shape index (κ1) is 9.29. The predicted molar refractivity (Wildman–Crippen MR) is 51.5 cm³/mol. The van der Waals surface area contributed by atoms with Gasteiger partial charge in [-0.15, -0.1) is 0 Å². The van der Waals surface area contributed by atoms with E-state index in [-0.39, 0.29) is 5.03 Å². The summed E-state index contributed by atoms with van der Waals surface area (Å²) in [5.74, 6) is 0. The lowest BCUT2D eigenvalue weighted by Crippen LogP contribution is -2.16. The number of rotatable bonds is 1. The van der Waals surface area contributed by atoms with Crippen molar-refractivity contribution in [1.82, 2.24) is 4.98 Å². The molecule has 0 fully saturated rings. The maximum absolute atomic E-state index is 11.2. The lowest BCUT2D eigenvalue weighted by Gasteiger charge is -2.03. The Morgan fingerprint density at radius 1 is 1.50 bits per heavy atom. The third-order valence-electron chi connectivity index (χ3n) is 2.15. The Morgan fingerprint density at radius 3 is 2.86 bits per heavy atom. The third-order valence-corrected chi connectivity index (χ3v) is 3.04. The first-order chi connectivity index (χ1) is 6.50. The average molecular weight is 211 g/mol. The minimum atomic E-state index is -3.74. The van der Waals surface area contributed by atoms with E-state index in [9.17, 15) is 8.42 Å². The Morgan fingerprint density at radius 2 is 2.21 bits per heavy atom. The zero-order valence-corrected chi connectivity index (χ0v) is 8.37. The fraction of sp³-hybridized carbons (Fsp3) is 0.250. The van der Waals surface area contributed by atoms with Gasteiger partial charge < -0.3 is 0 Å². The standard InChI is InChI=1S/C8H9N3O2S/c1-5-6-2-3-10-8(14(9,12)13)7(6)4-11-5/h2-3H,4H2,1H3,(H2,9,12,13). The van der Waals surface area contributed by atoms with Crippen molar-refractivity contribution >= 4 is 15.7 Å². The molecule has 5 nitrogen and oxygen atoms in total. The fourth-order valence-electron chi connectivity index (χ4n) is 1.49. The highest BCUT2D eigenvalue weighted by atomic mass is 32.2. The molecule has 0 unspecified atom stereocenters. The molecule has 6 heteroatoms. The van der Waals surface area contributed by atoms with Crippen molar-refractivity contribution in [1.29, 1.82) is 0 Å². The summed E-state index contributed by atoms with van der Waals surface area (Å²) in [5, 5.41) is 4.97. The van der Waals surface area contributed by atoms with Gasteiger partial charge in [0.2, 0.25) is 0 Å². The van der Waals surface area contributed by atoms with Crippen molar-refractivity contribution in [2.75, 3.05) is 0 Å². The molecular weight excluding hydrogens is 202 g/mol. The van der Waals surface area contributed by atoms with Gasteiger partial charge >= 0.3 is 0 Å². The molecule has 0 radical (unpaired) electrons. The largest absolute Gasteiger partial charge is 0.285 e. The maximum atomic E-state index is 11.2. The summed E-state index contributed by atoms with van der Waals surface area (Å²) in [6.45, 7) is 2.18. The normalized spacial score (nSPS) is 15.1. The quantitative estimate of drug-likeness (QED) is 0.712. The molecule has 1 aliphatic rings. The van der Waals surface area contributed by atoms with Gasteiger partial charge in [-0.1, -0.05) is 0 Å². The monoisotopic (exact) mass is 211 g/mol. The smallest absolute Gasteiger partial charge is 0.255 e. The van der Waals surface area contributed by atoms with Gasteiger partial charge in [-0.05, 0) is 13.0 Å². The van der Waals surface area contributed by atoms with Crippen LogP contribution in [0.25, 0.3) is 0 Å². The molecule has 74 valence electrons. The second-order valence-electron chi connectivity index (χ2n) is 3.09. The van der Waals surface area contributed by atoms with Crippen LogP contribution in [0.15, 0.2) is 22.3 Å². The van der Waals surface area contributed by atoms with Crippen molar-refractivity contribution in [3.8, 4) is 0 Å². The van der Waals surface area contributed by atoms with E-state index in [2.05, 4.69) is 9.98 Å². The summed E-state index contributed by atoms with van der Waals surface area (Å²) in [7, 11) is -3.74. The van der Waals surface area contributed by atoms with Gasteiger partial charge in [0.25, 0.3) is 10.0 Å². The van der Waals surface area contributed by atoms with Crippen molar-refractivity contribution < 1.29 is 8.42 Å². The Kier molecular flexibility index (Phi) is 1.90. The van der Waals surface area contributed by atoms with E-state index < -0.39 is 10.0 Å². The lowest BCUT2D eigenvalue weighted by atomic mass is 10.1. The van der Waals surface area contributed by atoms with Crippen LogP contribution in [0.2, 0.25) is 0 Å². The molecule has 0 spiro atoms. The van der Waals surface area contributed by atoms with Crippen molar-refractivity contribution in [3.05, 3.63) is 23.4 Å². The minimum absolute atomic E-state index is 0.0596. The molecule has 0 aliphatic carbocycles. The number of primary sulfonamides is 1. The predicted octanol–water partition coefficient (Wildman–Crippen LogP) is 0.0516. The van der Waals surface area contributed by atoms with E-state index in [1.165, 1.54) is 6.20 Å². The van der Waals surface area contributed by atoms with E-state index in [1.807, 2.05) is 6.92 Å². The molecule has 1 aromatic rings. The number of hydrogen-bond acceptors (Lipinski definition) is 4. The van der Waals surface area contributed by atoms with Crippen molar-refractivity contribution in [3.63, 3.8) is 0 Å². The van der Waals surface area contributed by atoms with E-state index in [0.29, 0.717) is 12.1 Å². The number of aliphatic imine (C=N–C) groups is 1. The molecule has 14 heavy (non-hydrogen) atoms. The third kappa shape index (κ3) is 1.32. The van der Waals surface area contributed by atoms with Gasteiger partial charge in [0.05, 0.1) is 6.54 Å². The summed E-state index contributed by atoms with van der Waals surface area (Å²) < 4.78 is 22.3. The van der Waals surface area contributed by atoms with E-state index >= 15 is 0 Å². The summed E-state index contributed by atoms with van der Waals surface area (Å²) in [6.07, 6.45) is 1.43. The van der Waals surface area contributed by atoms with E-state index in [0.717, 1.165) is 11.3 Å². The highest BCUT2D eigenvalue weighted by molar-refractivity contribution is 7.89. The lowest BCUT2D eigenvalue weighted by molar-refractivity contribution is 0.592. The molecule has 0 amide bonds. The minimum Gasteiger partial charge on any atom is -0.285 e. The Bertz CT molecular complexity index is 519. The highest BCUT2D eigenvalue weighted by Crippen LogP contribution is 2.23. The van der Waals surface area contributed by atoms with E-state index in [1.54, 1.807) is 6.07 Å². The summed E-state index contributed by atoms with van der Waals surface area (Å²) in [6, 6.07) is 1.75. The first-order valence-electron chi connectivity index (χ1n) is 4.02. The second-order valence-corrected chi connectivity index (χ2v) is 4.57. The summed E-state index contributed by atoms with van der Waals surface area (Å²) >= 11 is 0. The number of nitrogens with two attached hydrogens (primary N) is 1. The molecular formula is C8H9N3O2S. The van der Waals surface area contributed by atoms with Crippen LogP contribution in [-0.4, -0.2) is 19.1 Å². The van der Waals surface area contributed by atoms with Crippen LogP contribution in [0.4, 0.5) is 0 Å². The van der Waals surface area contributed by atoms with Gasteiger partial charge in [-0.25, -0.2) is 18.5 Å². The molecule has 2 N–H and O–H groups in total. The number of aromatic nitrogens is 1. The maximum Gasteiger partial charge on any atom is 0.255 e. The summed E-state index contributed by atoms with van der Waals surface area (Å²) in [4.78, 5) is 7.90. The summed E-state index contributed by atoms with van der Waals surface area (Å²) in [5.41, 5.74) is 2.25. The van der Waals surface area contributed by atoms with Gasteiger partial charge in [-0.2, -0.15) is 0 Å². The molecule has 0 bridgehead atoms. The zero-order chi connectivity index (χ0) is 10.3. The highest BCUT2D eigenvalue weighted by Gasteiger charge is 2.22. The van der Waals surface area contributed by atoms with Gasteiger partial charge in [0.15, 0.2) is 5.03 Å². The Hall–Kier alpha value is -1.27. The number of fused-ring (bicyclic) bond motifs is 1. The van der Waals surface area contributed by atoms with Crippen molar-refractivity contribution in [2.24, 2.45) is 10.1 Å². The van der Waals surface area contributed by atoms with Crippen molar-refractivity contribution in [2.45, 2.75) is 18.5 Å². The second kappa shape index (κ2) is 2.86. The average Bonchev–Trinajstić information content (AvgIpc) is 2.46. The number of pyridine rings is 1. The molecule has 0 atom stereocenters. The molecule has 1 aromatic heterocycles. The fourth-order valence-corrected chi connectivity index (χ4v) is 2.22. The topological polar surface area (TPSA) is 85.4 Å². The van der Waals surface area contributed by atoms with Gasteiger partial charge in [0, 0.05) is 23.0 Å². The number of hydrogen-bond donors (Lipinski definition) is 1. The molecule has 2 rings (SSSR count). The van der Waals surface area contributed by atoms with Crippen LogP contribution in [0.3, 0.4) is 0 Å². The zero-order valence-electron chi connectivity index (χ0n) is 7.56. The van der Waals surface area contributed by atoms with Crippen LogP contribution in [0, 0.1) is 0 Å². The van der Waals surface area contributed by atoms with Crippen LogP contribution < -0.4 is 5.14 Å². The van der Waals surface area contributed by atoms with Gasteiger partial charge in [0.1, 0.15) is 0 Å². The first-order valence-corrected chi connectivity index (χ1v) is 5.57. The molecule has 1 aliphatic heterocycles. The molecule has 0 aromatic carbocycles. The Labute approximate surface area is 81.7 Å².